The van der Waals surface area contributed by atoms with Gasteiger partial charge in [0.1, 0.15) is 0 Å². The number of methoxy groups -OCH3 is 1. The first-order chi connectivity index (χ1) is 8.04. The predicted octanol–water partition coefficient (Wildman–Crippen LogP) is -0.406. The summed E-state index contributed by atoms with van der Waals surface area (Å²) in [7, 11) is 1.31. The summed E-state index contributed by atoms with van der Waals surface area (Å²) in [6.45, 7) is 4.87. The number of ether oxygens (including phenoxy) is 1. The lowest BCUT2D eigenvalue weighted by Crippen LogP contribution is -2.54. The molecule has 5 heteroatoms. The molecule has 2 aliphatic heterocycles. The minimum absolute atomic E-state index is 0.364. The molecule has 3 atom stereocenters. The van der Waals surface area contributed by atoms with Crippen LogP contribution in [0.25, 0.3) is 0 Å². The molecule has 2 saturated heterocycles. The third-order valence-electron chi connectivity index (χ3n) is 3.93. The van der Waals surface area contributed by atoms with E-state index in [0.717, 1.165) is 26.1 Å². The lowest BCUT2D eigenvalue weighted by molar-refractivity contribution is -0.163. The summed E-state index contributed by atoms with van der Waals surface area (Å²) in [6.07, 6.45) is 2.38. The van der Waals surface area contributed by atoms with Crippen LogP contribution < -0.4 is 5.32 Å². The highest BCUT2D eigenvalue weighted by molar-refractivity contribution is 5.78. The molecule has 0 aromatic carbocycles. The number of nitrogens with zero attached hydrogens (tertiary/aromatic N) is 1. The number of fused-ring (bicyclic) bond motifs is 1. The summed E-state index contributed by atoms with van der Waals surface area (Å²) in [4.78, 5) is 13.7. The van der Waals surface area contributed by atoms with E-state index in [0.29, 0.717) is 18.5 Å². The number of hydrogen-bond acceptors (Lipinski definition) is 5. The highest BCUT2D eigenvalue weighted by Crippen LogP contribution is 2.27. The average Bonchev–Trinajstić information content (AvgIpc) is 2.76. The summed E-state index contributed by atoms with van der Waals surface area (Å²) in [5.74, 6) is 0.114. The van der Waals surface area contributed by atoms with E-state index in [2.05, 4.69) is 15.0 Å². The third-order valence-corrected chi connectivity index (χ3v) is 3.93. The number of carbonyl (C=O) groups is 1. The van der Waals surface area contributed by atoms with E-state index in [1.165, 1.54) is 20.5 Å². The van der Waals surface area contributed by atoms with E-state index >= 15 is 0 Å². The average molecular weight is 242 g/mol. The van der Waals surface area contributed by atoms with Crippen molar-refractivity contribution < 1.29 is 14.6 Å². The monoisotopic (exact) mass is 242 g/mol. The molecular weight excluding hydrogens is 220 g/mol. The van der Waals surface area contributed by atoms with Gasteiger partial charge < -0.3 is 15.2 Å². The summed E-state index contributed by atoms with van der Waals surface area (Å²) in [5, 5.41) is 13.5. The maximum absolute atomic E-state index is 11.5. The fourth-order valence-electron chi connectivity index (χ4n) is 3.04. The number of hydrogen-bond donors (Lipinski definition) is 2. The lowest BCUT2D eigenvalue weighted by atomic mass is 9.90. The zero-order valence-corrected chi connectivity index (χ0v) is 10.6. The molecule has 2 N–H and O–H groups in total. The SMILES string of the molecule is COC(=O)C(C)(O)CN1CCCC2CNCC21. The Kier molecular flexibility index (Phi) is 3.70. The summed E-state index contributed by atoms with van der Waals surface area (Å²) >= 11 is 0. The van der Waals surface area contributed by atoms with Gasteiger partial charge in [-0.05, 0) is 38.8 Å². The van der Waals surface area contributed by atoms with Gasteiger partial charge in [0.15, 0.2) is 5.60 Å². The van der Waals surface area contributed by atoms with Crippen molar-refractivity contribution in [1.82, 2.24) is 10.2 Å². The van der Waals surface area contributed by atoms with Crippen molar-refractivity contribution >= 4 is 5.97 Å². The maximum atomic E-state index is 11.5. The standard InChI is InChI=1S/C12H22N2O3/c1-12(16,11(15)17-2)8-14-5-3-4-9-6-13-7-10(9)14/h9-10,13,16H,3-8H2,1-2H3. The number of nitrogens with one attached hydrogen (secondary N) is 1. The molecular formula is C12H22N2O3. The van der Waals surface area contributed by atoms with E-state index in [9.17, 15) is 9.90 Å². The van der Waals surface area contributed by atoms with Crippen LogP contribution >= 0.6 is 0 Å². The Bertz CT molecular complexity index is 293. The van der Waals surface area contributed by atoms with Gasteiger partial charge in [0.05, 0.1) is 7.11 Å². The smallest absolute Gasteiger partial charge is 0.338 e. The molecule has 0 amide bonds. The van der Waals surface area contributed by atoms with Crippen LogP contribution in [-0.4, -0.2) is 60.9 Å². The van der Waals surface area contributed by atoms with Crippen molar-refractivity contribution in [1.29, 1.82) is 0 Å². The first-order valence-electron chi connectivity index (χ1n) is 6.30. The second-order valence-electron chi connectivity index (χ2n) is 5.36. The maximum Gasteiger partial charge on any atom is 0.338 e. The highest BCUT2D eigenvalue weighted by atomic mass is 16.5. The van der Waals surface area contributed by atoms with Gasteiger partial charge in [0, 0.05) is 19.1 Å². The van der Waals surface area contributed by atoms with Gasteiger partial charge in [-0.1, -0.05) is 0 Å². The predicted molar refractivity (Wildman–Crippen MR) is 63.6 cm³/mol. The first-order valence-corrected chi connectivity index (χ1v) is 6.30. The topological polar surface area (TPSA) is 61.8 Å². The van der Waals surface area contributed by atoms with Crippen LogP contribution in [0, 0.1) is 5.92 Å². The summed E-state index contributed by atoms with van der Waals surface area (Å²) in [5.41, 5.74) is -1.40. The largest absolute Gasteiger partial charge is 0.467 e. The Morgan fingerprint density at radius 1 is 1.59 bits per heavy atom. The van der Waals surface area contributed by atoms with E-state index in [-0.39, 0.29) is 0 Å². The zero-order chi connectivity index (χ0) is 12.5. The number of piperidine rings is 1. The Morgan fingerprint density at radius 2 is 2.35 bits per heavy atom. The van der Waals surface area contributed by atoms with Crippen LogP contribution in [0.15, 0.2) is 0 Å². The van der Waals surface area contributed by atoms with Gasteiger partial charge in [0.25, 0.3) is 0 Å². The molecule has 0 aromatic heterocycles. The Morgan fingerprint density at radius 3 is 3.06 bits per heavy atom. The molecule has 3 unspecified atom stereocenters. The molecule has 0 aliphatic carbocycles. The number of β-amino-alcohol motifs (C(OH)–C–C–N with tert-alkyl or cyclic N) is 1. The second kappa shape index (κ2) is 4.92. The van der Waals surface area contributed by atoms with Gasteiger partial charge in [-0.15, -0.1) is 0 Å². The molecule has 0 radical (unpaired) electrons. The van der Waals surface area contributed by atoms with Crippen LogP contribution in [0.2, 0.25) is 0 Å². The molecule has 0 aromatic rings. The van der Waals surface area contributed by atoms with Gasteiger partial charge in [-0.3, -0.25) is 4.90 Å². The summed E-state index contributed by atoms with van der Waals surface area (Å²) < 4.78 is 4.64. The van der Waals surface area contributed by atoms with Gasteiger partial charge >= 0.3 is 5.97 Å². The molecule has 98 valence electrons. The molecule has 17 heavy (non-hydrogen) atoms. The van der Waals surface area contributed by atoms with Crippen LogP contribution in [-0.2, 0) is 9.53 Å². The number of aliphatic hydroxyl groups is 1. The van der Waals surface area contributed by atoms with Crippen molar-refractivity contribution in [2.24, 2.45) is 5.92 Å². The molecule has 2 rings (SSSR count). The minimum atomic E-state index is -1.40. The molecule has 2 heterocycles. The van der Waals surface area contributed by atoms with Crippen LogP contribution in [0.4, 0.5) is 0 Å². The fraction of sp³-hybridized carbons (Fsp3) is 0.917. The number of rotatable bonds is 3. The Balaban J connectivity index is 2.00. The molecule has 0 saturated carbocycles. The molecule has 0 spiro atoms. The fourth-order valence-corrected chi connectivity index (χ4v) is 3.04. The molecule has 0 bridgehead atoms. The molecule has 2 aliphatic rings. The second-order valence-corrected chi connectivity index (χ2v) is 5.36. The lowest BCUT2D eigenvalue weighted by Gasteiger charge is -2.39. The van der Waals surface area contributed by atoms with Crippen molar-refractivity contribution in [3.63, 3.8) is 0 Å². The van der Waals surface area contributed by atoms with Crippen molar-refractivity contribution in [2.45, 2.75) is 31.4 Å². The quantitative estimate of drug-likeness (QED) is 0.659. The number of carbonyl (C=O) groups excluding carboxylic acids is 1. The van der Waals surface area contributed by atoms with Crippen LogP contribution in [0.3, 0.4) is 0 Å². The normalized spacial score (nSPS) is 32.9. The van der Waals surface area contributed by atoms with Crippen molar-refractivity contribution in [3.8, 4) is 0 Å². The zero-order valence-electron chi connectivity index (χ0n) is 10.6. The van der Waals surface area contributed by atoms with Crippen LogP contribution in [0.5, 0.6) is 0 Å². The number of likely N-dealkylation sites (tertiary alicyclic amines) is 1. The highest BCUT2D eigenvalue weighted by Gasteiger charge is 2.40. The van der Waals surface area contributed by atoms with Crippen molar-refractivity contribution in [3.05, 3.63) is 0 Å². The molecule has 2 fully saturated rings. The Labute approximate surface area is 102 Å². The van der Waals surface area contributed by atoms with Crippen LogP contribution in [0.1, 0.15) is 19.8 Å². The van der Waals surface area contributed by atoms with Crippen molar-refractivity contribution in [2.75, 3.05) is 33.3 Å². The third kappa shape index (κ3) is 2.61. The number of esters is 1. The first kappa shape index (κ1) is 12.8. The van der Waals surface area contributed by atoms with Gasteiger partial charge in [0.2, 0.25) is 0 Å². The minimum Gasteiger partial charge on any atom is -0.467 e. The molecule has 5 nitrogen and oxygen atoms in total. The Hall–Kier alpha value is -0.650. The van der Waals surface area contributed by atoms with Gasteiger partial charge in [-0.2, -0.15) is 0 Å². The van der Waals surface area contributed by atoms with Gasteiger partial charge in [-0.25, -0.2) is 4.79 Å². The van der Waals surface area contributed by atoms with E-state index in [1.807, 2.05) is 0 Å². The van der Waals surface area contributed by atoms with E-state index < -0.39 is 11.6 Å². The van der Waals surface area contributed by atoms with E-state index in [4.69, 9.17) is 0 Å². The summed E-state index contributed by atoms with van der Waals surface area (Å²) in [6, 6.07) is 0.458. The van der Waals surface area contributed by atoms with E-state index in [1.54, 1.807) is 0 Å².